The molecule has 5 nitrogen and oxygen atoms in total. The molecular formula is C37H47N3O2. The summed E-state index contributed by atoms with van der Waals surface area (Å²) in [4.78, 5) is 16.7. The van der Waals surface area contributed by atoms with E-state index in [1.54, 1.807) is 6.92 Å². The molecule has 1 unspecified atom stereocenters. The average Bonchev–Trinajstić information content (AvgIpc) is 3.00. The molecule has 222 valence electrons. The highest BCUT2D eigenvalue weighted by atomic mass is 16.5. The molecule has 3 aromatic carbocycles. The minimum atomic E-state index is -0.390. The van der Waals surface area contributed by atoms with Crippen LogP contribution in [0.1, 0.15) is 75.3 Å². The summed E-state index contributed by atoms with van der Waals surface area (Å²) < 4.78 is 5.35. The molecule has 3 aromatic rings. The summed E-state index contributed by atoms with van der Waals surface area (Å²) in [7, 11) is 0. The van der Waals surface area contributed by atoms with Crippen molar-refractivity contribution in [3.8, 4) is 0 Å². The van der Waals surface area contributed by atoms with E-state index in [2.05, 4.69) is 129 Å². The van der Waals surface area contributed by atoms with Gasteiger partial charge in [-0.15, -0.1) is 0 Å². The van der Waals surface area contributed by atoms with E-state index in [9.17, 15) is 4.79 Å². The number of anilines is 3. The van der Waals surface area contributed by atoms with Gasteiger partial charge in [-0.25, -0.2) is 4.79 Å². The highest BCUT2D eigenvalue weighted by molar-refractivity contribution is 5.87. The number of hydrogen-bond donors (Lipinski definition) is 1. The van der Waals surface area contributed by atoms with Crippen LogP contribution >= 0.6 is 0 Å². The van der Waals surface area contributed by atoms with Gasteiger partial charge in [0.25, 0.3) is 0 Å². The van der Waals surface area contributed by atoms with Crippen molar-refractivity contribution in [1.82, 2.24) is 0 Å². The van der Waals surface area contributed by atoms with Crippen LogP contribution in [0.4, 0.5) is 17.1 Å². The second-order valence-electron chi connectivity index (χ2n) is 11.1. The highest BCUT2D eigenvalue weighted by Crippen LogP contribution is 2.41. The molecule has 5 heteroatoms. The van der Waals surface area contributed by atoms with E-state index in [-0.39, 0.29) is 12.6 Å². The zero-order valence-corrected chi connectivity index (χ0v) is 26.2. The van der Waals surface area contributed by atoms with Gasteiger partial charge in [0.15, 0.2) is 6.73 Å². The van der Waals surface area contributed by atoms with Crippen molar-refractivity contribution in [2.24, 2.45) is 5.92 Å². The van der Waals surface area contributed by atoms with Gasteiger partial charge in [-0.2, -0.15) is 0 Å². The van der Waals surface area contributed by atoms with Crippen LogP contribution in [-0.2, 0) is 16.0 Å². The number of rotatable bonds is 13. The second kappa shape index (κ2) is 14.3. The predicted octanol–water partition coefficient (Wildman–Crippen LogP) is 8.25. The molecule has 0 saturated heterocycles. The quantitative estimate of drug-likeness (QED) is 0.0978. The van der Waals surface area contributed by atoms with Gasteiger partial charge in [0, 0.05) is 60.3 Å². The van der Waals surface area contributed by atoms with Gasteiger partial charge in [0.2, 0.25) is 0 Å². The van der Waals surface area contributed by atoms with Crippen molar-refractivity contribution in [2.75, 3.05) is 48.0 Å². The molecule has 1 N–H and O–H groups in total. The number of nitrogens with zero attached hydrogens (tertiary/aromatic N) is 2. The Morgan fingerprint density at radius 3 is 1.88 bits per heavy atom. The molecule has 1 aliphatic rings. The Balaban J connectivity index is 1.79. The first kappa shape index (κ1) is 31.0. The lowest BCUT2D eigenvalue weighted by Crippen LogP contribution is -2.22. The SMILES string of the molecule is C=C(C)C(=O)OCNc1ccc(C(c2ccc(N(CC)CC)cc2)c2ccc(N(CC)CC)cc2)c2c1C=CC(C)C2. The fourth-order valence-electron chi connectivity index (χ4n) is 5.96. The Morgan fingerprint density at radius 2 is 1.40 bits per heavy atom. The van der Waals surface area contributed by atoms with Crippen molar-refractivity contribution in [3.05, 3.63) is 107 Å². The molecule has 0 amide bonds. The van der Waals surface area contributed by atoms with E-state index in [1.807, 2.05) is 0 Å². The van der Waals surface area contributed by atoms with E-state index >= 15 is 0 Å². The first-order valence-corrected chi connectivity index (χ1v) is 15.4. The fourth-order valence-corrected chi connectivity index (χ4v) is 5.96. The molecule has 42 heavy (non-hydrogen) atoms. The highest BCUT2D eigenvalue weighted by Gasteiger charge is 2.25. The number of ether oxygens (including phenoxy) is 1. The zero-order valence-electron chi connectivity index (χ0n) is 26.2. The van der Waals surface area contributed by atoms with Crippen molar-refractivity contribution < 1.29 is 9.53 Å². The normalized spacial score (nSPS) is 13.9. The lowest BCUT2D eigenvalue weighted by atomic mass is 9.77. The second-order valence-corrected chi connectivity index (χ2v) is 11.1. The smallest absolute Gasteiger partial charge is 0.334 e. The van der Waals surface area contributed by atoms with Gasteiger partial charge < -0.3 is 19.9 Å². The number of carbonyl (C=O) groups excluding carboxylic acids is 1. The first-order valence-electron chi connectivity index (χ1n) is 15.4. The third-order valence-corrected chi connectivity index (χ3v) is 8.35. The van der Waals surface area contributed by atoms with Gasteiger partial charge in [-0.1, -0.05) is 56.0 Å². The van der Waals surface area contributed by atoms with Crippen LogP contribution in [0.15, 0.2) is 78.9 Å². The topological polar surface area (TPSA) is 44.8 Å². The van der Waals surface area contributed by atoms with Gasteiger partial charge in [0.05, 0.1) is 0 Å². The summed E-state index contributed by atoms with van der Waals surface area (Å²) >= 11 is 0. The third kappa shape index (κ3) is 6.89. The maximum Gasteiger partial charge on any atom is 0.334 e. The van der Waals surface area contributed by atoms with Crippen molar-refractivity contribution >= 4 is 29.1 Å². The van der Waals surface area contributed by atoms with E-state index in [4.69, 9.17) is 4.74 Å². The Bertz CT molecular complexity index is 1330. The molecule has 0 aromatic heterocycles. The summed E-state index contributed by atoms with van der Waals surface area (Å²) in [6, 6.07) is 22.6. The minimum absolute atomic E-state index is 0.0873. The Labute approximate surface area is 252 Å². The molecule has 0 spiro atoms. The molecule has 0 aliphatic heterocycles. The molecule has 0 radical (unpaired) electrons. The zero-order chi connectivity index (χ0) is 30.2. The molecule has 1 aliphatic carbocycles. The largest absolute Gasteiger partial charge is 0.441 e. The Kier molecular flexibility index (Phi) is 10.5. The lowest BCUT2D eigenvalue weighted by molar-refractivity contribution is -0.138. The van der Waals surface area contributed by atoms with Crippen molar-refractivity contribution in [3.63, 3.8) is 0 Å². The van der Waals surface area contributed by atoms with Crippen molar-refractivity contribution in [2.45, 2.75) is 53.9 Å². The number of fused-ring (bicyclic) bond motifs is 1. The third-order valence-electron chi connectivity index (χ3n) is 8.35. The van der Waals surface area contributed by atoms with Gasteiger partial charge in [-0.3, -0.25) is 0 Å². The summed E-state index contributed by atoms with van der Waals surface area (Å²) in [5, 5.41) is 3.34. The molecule has 0 saturated carbocycles. The molecule has 0 bridgehead atoms. The fraction of sp³-hybridized carbons (Fsp3) is 0.378. The summed E-state index contributed by atoms with van der Waals surface area (Å²) in [5.41, 5.74) is 10.3. The van der Waals surface area contributed by atoms with Crippen LogP contribution in [-0.4, -0.2) is 38.9 Å². The van der Waals surface area contributed by atoms with E-state index in [0.29, 0.717) is 11.5 Å². The summed E-state index contributed by atoms with van der Waals surface area (Å²) in [6.45, 7) is 20.5. The van der Waals surface area contributed by atoms with Crippen LogP contribution in [0.25, 0.3) is 6.08 Å². The number of hydrogen-bond acceptors (Lipinski definition) is 5. The van der Waals surface area contributed by atoms with E-state index in [0.717, 1.165) is 38.3 Å². The van der Waals surface area contributed by atoms with Gasteiger partial charge in [0.1, 0.15) is 0 Å². The van der Waals surface area contributed by atoms with Crippen LogP contribution in [0, 0.1) is 5.92 Å². The molecular weight excluding hydrogens is 518 g/mol. The number of carbonyl (C=O) groups is 1. The maximum atomic E-state index is 11.9. The van der Waals surface area contributed by atoms with Crippen LogP contribution in [0.5, 0.6) is 0 Å². The molecule has 0 fully saturated rings. The lowest BCUT2D eigenvalue weighted by Gasteiger charge is -2.29. The minimum Gasteiger partial charge on any atom is -0.441 e. The summed E-state index contributed by atoms with van der Waals surface area (Å²) in [6.07, 6.45) is 5.44. The number of allylic oxidation sites excluding steroid dienone is 1. The molecule has 1 atom stereocenters. The van der Waals surface area contributed by atoms with Gasteiger partial charge >= 0.3 is 5.97 Å². The predicted molar refractivity (Wildman–Crippen MR) is 179 cm³/mol. The van der Waals surface area contributed by atoms with Crippen LogP contribution < -0.4 is 15.1 Å². The van der Waals surface area contributed by atoms with E-state index < -0.39 is 5.97 Å². The van der Waals surface area contributed by atoms with Crippen LogP contribution in [0.3, 0.4) is 0 Å². The van der Waals surface area contributed by atoms with Gasteiger partial charge in [-0.05, 0) is 99.5 Å². The van der Waals surface area contributed by atoms with Crippen LogP contribution in [0.2, 0.25) is 0 Å². The van der Waals surface area contributed by atoms with E-state index in [1.165, 1.54) is 39.2 Å². The average molecular weight is 566 g/mol. The number of benzene rings is 3. The monoisotopic (exact) mass is 565 g/mol. The number of nitrogens with one attached hydrogen (secondary N) is 1. The number of esters is 1. The molecule has 0 heterocycles. The summed E-state index contributed by atoms with van der Waals surface area (Å²) in [5.74, 6) is 0.131. The van der Waals surface area contributed by atoms with Crippen molar-refractivity contribution in [1.29, 1.82) is 0 Å². The molecule has 4 rings (SSSR count). The Hall–Kier alpha value is -3.99. The first-order chi connectivity index (χ1) is 20.3. The Morgan fingerprint density at radius 1 is 0.881 bits per heavy atom. The maximum absolute atomic E-state index is 11.9. The standard InChI is InChI=1S/C37H47N3O2/c1-8-39(9-2)30-17-13-28(14-18-30)36(29-15-19-31(20-16-29)40(10-3)11-4)33-22-23-35(38-25-42-37(41)26(5)6)32-21-12-27(7)24-34(32)33/h12-23,27,36,38H,5,8-11,24-25H2,1-4,6-7H3.